The van der Waals surface area contributed by atoms with E-state index in [2.05, 4.69) is 35.2 Å². The molecule has 0 amide bonds. The molecule has 3 heteroatoms. The predicted molar refractivity (Wildman–Crippen MR) is 64.9 cm³/mol. The minimum absolute atomic E-state index is 0.396. The molecule has 1 heterocycles. The molecule has 0 aromatic heterocycles. The van der Waals surface area contributed by atoms with Gasteiger partial charge in [0, 0.05) is 39.6 Å². The Bertz CT molecular complexity index is 318. The molecule has 0 bridgehead atoms. The Morgan fingerprint density at radius 1 is 1.25 bits per heavy atom. The lowest BCUT2D eigenvalue weighted by Crippen LogP contribution is -2.51. The summed E-state index contributed by atoms with van der Waals surface area (Å²) in [6, 6.07) is 10.6. The molecule has 0 unspecified atom stereocenters. The Morgan fingerprint density at radius 3 is 2.44 bits per heavy atom. The highest BCUT2D eigenvalue weighted by Gasteiger charge is 2.29. The van der Waals surface area contributed by atoms with E-state index in [1.54, 1.807) is 7.11 Å². The molecule has 2 rings (SSSR count). The van der Waals surface area contributed by atoms with Crippen LogP contribution in [0, 0.1) is 0 Å². The van der Waals surface area contributed by atoms with Gasteiger partial charge in [0.15, 0.2) is 0 Å². The van der Waals surface area contributed by atoms with Gasteiger partial charge in [0.25, 0.3) is 0 Å². The molecule has 0 aliphatic carbocycles. The van der Waals surface area contributed by atoms with Crippen LogP contribution in [0.5, 0.6) is 0 Å². The van der Waals surface area contributed by atoms with Gasteiger partial charge in [-0.3, -0.25) is 4.90 Å². The lowest BCUT2D eigenvalue weighted by molar-refractivity contribution is -0.0536. The van der Waals surface area contributed by atoms with E-state index in [-0.39, 0.29) is 0 Å². The molecule has 0 saturated carbocycles. The second kappa shape index (κ2) is 4.95. The third kappa shape index (κ3) is 2.82. The number of nitrogens with two attached hydrogens (primary N) is 1. The largest absolute Gasteiger partial charge is 0.364 e. The number of piperidine rings is 1. The molecule has 0 radical (unpaired) electrons. The summed E-state index contributed by atoms with van der Waals surface area (Å²) in [6.45, 7) is 3.04. The smallest absolute Gasteiger partial charge is 0.118 e. The monoisotopic (exact) mass is 220 g/mol. The van der Waals surface area contributed by atoms with Crippen molar-refractivity contribution in [2.24, 2.45) is 5.73 Å². The molecule has 1 saturated heterocycles. The molecule has 3 nitrogen and oxygen atoms in total. The van der Waals surface area contributed by atoms with Gasteiger partial charge in [0.2, 0.25) is 0 Å². The topological polar surface area (TPSA) is 38.5 Å². The van der Waals surface area contributed by atoms with Gasteiger partial charge in [-0.25, -0.2) is 0 Å². The maximum atomic E-state index is 6.07. The van der Waals surface area contributed by atoms with Gasteiger partial charge in [-0.1, -0.05) is 30.3 Å². The van der Waals surface area contributed by atoms with Crippen molar-refractivity contribution >= 4 is 0 Å². The third-order valence-electron chi connectivity index (χ3n) is 3.36. The average molecular weight is 220 g/mol. The lowest BCUT2D eigenvalue weighted by Gasteiger charge is -2.38. The van der Waals surface area contributed by atoms with Crippen molar-refractivity contribution < 1.29 is 4.74 Å². The molecule has 0 atom stereocenters. The van der Waals surface area contributed by atoms with Crippen LogP contribution in [0.15, 0.2) is 30.3 Å². The van der Waals surface area contributed by atoms with Gasteiger partial charge in [-0.05, 0) is 5.56 Å². The first-order chi connectivity index (χ1) is 7.72. The van der Waals surface area contributed by atoms with Crippen LogP contribution in [0.2, 0.25) is 0 Å². The number of hydrogen-bond donors (Lipinski definition) is 1. The van der Waals surface area contributed by atoms with Crippen LogP contribution >= 0.6 is 0 Å². The molecule has 1 aliphatic heterocycles. The van der Waals surface area contributed by atoms with Crippen LogP contribution in [0.25, 0.3) is 0 Å². The standard InChI is InChI=1S/C13H20N2O/c1-16-13(14)7-9-15(10-8-13)11-12-5-3-2-4-6-12/h2-6H,7-11,14H2,1H3. The summed E-state index contributed by atoms with van der Waals surface area (Å²) < 4.78 is 5.33. The van der Waals surface area contributed by atoms with Crippen molar-refractivity contribution in [1.82, 2.24) is 4.90 Å². The molecular weight excluding hydrogens is 200 g/mol. The fraction of sp³-hybridized carbons (Fsp3) is 0.538. The van der Waals surface area contributed by atoms with E-state index < -0.39 is 5.72 Å². The molecule has 1 fully saturated rings. The third-order valence-corrected chi connectivity index (χ3v) is 3.36. The summed E-state index contributed by atoms with van der Waals surface area (Å²) in [6.07, 6.45) is 1.83. The first kappa shape index (κ1) is 11.6. The Hall–Kier alpha value is -0.900. The van der Waals surface area contributed by atoms with Crippen LogP contribution < -0.4 is 5.73 Å². The predicted octanol–water partition coefficient (Wildman–Crippen LogP) is 1.58. The highest BCUT2D eigenvalue weighted by Crippen LogP contribution is 2.21. The maximum absolute atomic E-state index is 6.07. The Labute approximate surface area is 97.2 Å². The average Bonchev–Trinajstić information content (AvgIpc) is 2.34. The van der Waals surface area contributed by atoms with E-state index in [0.29, 0.717) is 0 Å². The minimum Gasteiger partial charge on any atom is -0.364 e. The van der Waals surface area contributed by atoms with E-state index in [1.165, 1.54) is 5.56 Å². The zero-order chi connectivity index (χ0) is 11.4. The zero-order valence-electron chi connectivity index (χ0n) is 9.86. The zero-order valence-corrected chi connectivity index (χ0v) is 9.86. The fourth-order valence-corrected chi connectivity index (χ4v) is 2.14. The second-order valence-electron chi connectivity index (χ2n) is 4.53. The quantitative estimate of drug-likeness (QED) is 0.786. The molecule has 1 aromatic rings. The first-order valence-corrected chi connectivity index (χ1v) is 5.82. The number of benzene rings is 1. The van der Waals surface area contributed by atoms with Crippen LogP contribution in [-0.4, -0.2) is 30.8 Å². The van der Waals surface area contributed by atoms with E-state index >= 15 is 0 Å². The summed E-state index contributed by atoms with van der Waals surface area (Å²) in [7, 11) is 1.70. The highest BCUT2D eigenvalue weighted by atomic mass is 16.5. The van der Waals surface area contributed by atoms with Crippen LogP contribution in [0.1, 0.15) is 18.4 Å². The van der Waals surface area contributed by atoms with Gasteiger partial charge in [0.05, 0.1) is 0 Å². The molecule has 88 valence electrons. The molecule has 1 aromatic carbocycles. The van der Waals surface area contributed by atoms with Crippen molar-refractivity contribution in [2.75, 3.05) is 20.2 Å². The second-order valence-corrected chi connectivity index (χ2v) is 4.53. The van der Waals surface area contributed by atoms with E-state index in [4.69, 9.17) is 10.5 Å². The Kier molecular flexibility index (Phi) is 3.59. The first-order valence-electron chi connectivity index (χ1n) is 5.82. The van der Waals surface area contributed by atoms with E-state index in [1.807, 2.05) is 0 Å². The van der Waals surface area contributed by atoms with Gasteiger partial charge < -0.3 is 10.5 Å². The van der Waals surface area contributed by atoms with Crippen molar-refractivity contribution in [3.63, 3.8) is 0 Å². The van der Waals surface area contributed by atoms with Gasteiger partial charge in [-0.2, -0.15) is 0 Å². The summed E-state index contributed by atoms with van der Waals surface area (Å²) in [5, 5.41) is 0. The SMILES string of the molecule is COC1(N)CCN(Cc2ccccc2)CC1. The van der Waals surface area contributed by atoms with Crippen LogP contribution in [0.4, 0.5) is 0 Å². The molecule has 16 heavy (non-hydrogen) atoms. The number of rotatable bonds is 3. The van der Waals surface area contributed by atoms with Crippen molar-refractivity contribution in [1.29, 1.82) is 0 Å². The van der Waals surface area contributed by atoms with Gasteiger partial charge >= 0.3 is 0 Å². The number of likely N-dealkylation sites (tertiary alicyclic amines) is 1. The van der Waals surface area contributed by atoms with Gasteiger partial charge in [-0.15, -0.1) is 0 Å². The summed E-state index contributed by atoms with van der Waals surface area (Å²) in [5.41, 5.74) is 7.03. The maximum Gasteiger partial charge on any atom is 0.118 e. The minimum atomic E-state index is -0.396. The number of methoxy groups -OCH3 is 1. The number of hydrogen-bond acceptors (Lipinski definition) is 3. The Balaban J connectivity index is 1.86. The lowest BCUT2D eigenvalue weighted by atomic mass is 10.0. The summed E-state index contributed by atoms with van der Waals surface area (Å²) in [4.78, 5) is 2.43. The molecule has 1 aliphatic rings. The molecule has 2 N–H and O–H groups in total. The van der Waals surface area contributed by atoms with Gasteiger partial charge in [0.1, 0.15) is 5.72 Å². The highest BCUT2D eigenvalue weighted by molar-refractivity contribution is 5.14. The molecular formula is C13H20N2O. The van der Waals surface area contributed by atoms with Crippen molar-refractivity contribution in [3.05, 3.63) is 35.9 Å². The van der Waals surface area contributed by atoms with E-state index in [9.17, 15) is 0 Å². The number of nitrogens with zero attached hydrogens (tertiary/aromatic N) is 1. The van der Waals surface area contributed by atoms with E-state index in [0.717, 1.165) is 32.5 Å². The summed E-state index contributed by atoms with van der Waals surface area (Å²) >= 11 is 0. The Morgan fingerprint density at radius 2 is 1.88 bits per heavy atom. The normalized spacial score (nSPS) is 20.9. The fourth-order valence-electron chi connectivity index (χ4n) is 2.14. The molecule has 0 spiro atoms. The number of ether oxygens (including phenoxy) is 1. The van der Waals surface area contributed by atoms with Crippen molar-refractivity contribution in [2.45, 2.75) is 25.1 Å². The van der Waals surface area contributed by atoms with Crippen LogP contribution in [0.3, 0.4) is 0 Å². The van der Waals surface area contributed by atoms with Crippen LogP contribution in [-0.2, 0) is 11.3 Å². The summed E-state index contributed by atoms with van der Waals surface area (Å²) in [5.74, 6) is 0. The van der Waals surface area contributed by atoms with Crippen molar-refractivity contribution in [3.8, 4) is 0 Å².